The van der Waals surface area contributed by atoms with Crippen LogP contribution in [0.3, 0.4) is 0 Å². The summed E-state index contributed by atoms with van der Waals surface area (Å²) < 4.78 is 10.5. The Hall–Kier alpha value is -2.04. The topological polar surface area (TPSA) is 74.2 Å². The second kappa shape index (κ2) is 4.22. The maximum atomic E-state index is 5.79. The third kappa shape index (κ3) is 1.84. The summed E-state index contributed by atoms with van der Waals surface area (Å²) in [5, 5.41) is 7.84. The monoisotopic (exact) mass is 219 g/mol. The molecule has 1 heterocycles. The number of nitrogen functional groups attached to an aromatic ring is 1. The van der Waals surface area contributed by atoms with E-state index in [1.807, 2.05) is 13.0 Å². The van der Waals surface area contributed by atoms with Crippen molar-refractivity contribution in [2.24, 2.45) is 0 Å². The van der Waals surface area contributed by atoms with Crippen LogP contribution < -0.4 is 10.5 Å². The van der Waals surface area contributed by atoms with Crippen LogP contribution >= 0.6 is 0 Å². The molecule has 5 heteroatoms. The summed E-state index contributed by atoms with van der Waals surface area (Å²) in [6.45, 7) is 1.96. The minimum atomic E-state index is 0.478. The van der Waals surface area contributed by atoms with Gasteiger partial charge in [0.25, 0.3) is 0 Å². The highest BCUT2D eigenvalue weighted by atomic mass is 16.5. The molecule has 2 aromatic rings. The van der Waals surface area contributed by atoms with Crippen LogP contribution in [0.5, 0.6) is 5.75 Å². The van der Waals surface area contributed by atoms with E-state index in [9.17, 15) is 0 Å². The quantitative estimate of drug-likeness (QED) is 0.798. The smallest absolute Gasteiger partial charge is 0.247 e. The number of aryl methyl sites for hydroxylation is 1. The molecule has 0 fully saturated rings. The standard InChI is InChI=1S/C11H13N3O2/c1-3-10-13-14-11(16-10)7-4-5-9(15-2)8(12)6-7/h4-6H,3,12H2,1-2H3. The predicted molar refractivity (Wildman–Crippen MR) is 60.1 cm³/mol. The van der Waals surface area contributed by atoms with Crippen molar-refractivity contribution < 1.29 is 9.15 Å². The van der Waals surface area contributed by atoms with Gasteiger partial charge in [-0.15, -0.1) is 10.2 Å². The number of nitrogens with zero attached hydrogens (tertiary/aromatic N) is 2. The van der Waals surface area contributed by atoms with Crippen LogP contribution in [0.15, 0.2) is 22.6 Å². The van der Waals surface area contributed by atoms with E-state index in [1.54, 1.807) is 19.2 Å². The number of nitrogens with two attached hydrogens (primary N) is 1. The molecule has 2 N–H and O–H groups in total. The van der Waals surface area contributed by atoms with Crippen LogP contribution in [0.25, 0.3) is 11.5 Å². The van der Waals surface area contributed by atoms with E-state index in [0.717, 1.165) is 12.0 Å². The van der Waals surface area contributed by atoms with E-state index in [4.69, 9.17) is 14.9 Å². The van der Waals surface area contributed by atoms with Gasteiger partial charge in [0.15, 0.2) is 0 Å². The first-order valence-corrected chi connectivity index (χ1v) is 5.01. The molecule has 16 heavy (non-hydrogen) atoms. The van der Waals surface area contributed by atoms with Crippen molar-refractivity contribution in [3.63, 3.8) is 0 Å². The molecule has 0 spiro atoms. The van der Waals surface area contributed by atoms with Gasteiger partial charge in [0.05, 0.1) is 12.8 Å². The molecular weight excluding hydrogens is 206 g/mol. The van der Waals surface area contributed by atoms with Crippen molar-refractivity contribution >= 4 is 5.69 Å². The highest BCUT2D eigenvalue weighted by Gasteiger charge is 2.09. The Kier molecular flexibility index (Phi) is 2.76. The van der Waals surface area contributed by atoms with Gasteiger partial charge < -0.3 is 14.9 Å². The number of anilines is 1. The summed E-state index contributed by atoms with van der Waals surface area (Å²) in [7, 11) is 1.58. The molecule has 0 aliphatic heterocycles. The summed E-state index contributed by atoms with van der Waals surface area (Å²) in [6, 6.07) is 5.37. The number of methoxy groups -OCH3 is 1. The molecule has 1 aromatic carbocycles. The lowest BCUT2D eigenvalue weighted by atomic mass is 10.2. The van der Waals surface area contributed by atoms with Crippen molar-refractivity contribution in [3.8, 4) is 17.2 Å². The van der Waals surface area contributed by atoms with Crippen LogP contribution in [-0.2, 0) is 6.42 Å². The zero-order valence-corrected chi connectivity index (χ0v) is 9.23. The number of benzene rings is 1. The first-order valence-electron chi connectivity index (χ1n) is 5.01. The summed E-state index contributed by atoms with van der Waals surface area (Å²) in [4.78, 5) is 0. The SMILES string of the molecule is CCc1nnc(-c2ccc(OC)c(N)c2)o1. The maximum Gasteiger partial charge on any atom is 0.247 e. The number of hydrogen-bond donors (Lipinski definition) is 1. The summed E-state index contributed by atoms with van der Waals surface area (Å²) >= 11 is 0. The molecule has 0 saturated carbocycles. The zero-order chi connectivity index (χ0) is 11.5. The third-order valence-electron chi connectivity index (χ3n) is 2.25. The van der Waals surface area contributed by atoms with Gasteiger partial charge in [-0.25, -0.2) is 0 Å². The van der Waals surface area contributed by atoms with Crippen molar-refractivity contribution in [2.75, 3.05) is 12.8 Å². The molecule has 0 amide bonds. The van der Waals surface area contributed by atoms with E-state index in [1.165, 1.54) is 0 Å². The minimum absolute atomic E-state index is 0.478. The lowest BCUT2D eigenvalue weighted by molar-refractivity contribution is 0.417. The van der Waals surface area contributed by atoms with Crippen LogP contribution in [0.1, 0.15) is 12.8 Å². The molecule has 0 unspecified atom stereocenters. The van der Waals surface area contributed by atoms with Crippen LogP contribution in [-0.4, -0.2) is 17.3 Å². The van der Waals surface area contributed by atoms with Crippen LogP contribution in [0, 0.1) is 0 Å². The van der Waals surface area contributed by atoms with Gasteiger partial charge in [-0.1, -0.05) is 6.92 Å². The lowest BCUT2D eigenvalue weighted by Gasteiger charge is -2.04. The van der Waals surface area contributed by atoms with E-state index in [2.05, 4.69) is 10.2 Å². The summed E-state index contributed by atoms with van der Waals surface area (Å²) in [5.41, 5.74) is 7.14. The fraction of sp³-hybridized carbons (Fsp3) is 0.273. The fourth-order valence-corrected chi connectivity index (χ4v) is 1.38. The molecular formula is C11H13N3O2. The normalized spacial score (nSPS) is 10.4. The van der Waals surface area contributed by atoms with Gasteiger partial charge in [0.1, 0.15) is 5.75 Å². The highest BCUT2D eigenvalue weighted by Crippen LogP contribution is 2.27. The highest BCUT2D eigenvalue weighted by molar-refractivity contribution is 5.65. The van der Waals surface area contributed by atoms with Gasteiger partial charge in [-0.2, -0.15) is 0 Å². The summed E-state index contributed by atoms with van der Waals surface area (Å²) in [6.07, 6.45) is 0.721. The molecule has 0 atom stereocenters. The van der Waals surface area contributed by atoms with Crippen molar-refractivity contribution in [1.82, 2.24) is 10.2 Å². The fourth-order valence-electron chi connectivity index (χ4n) is 1.38. The first kappa shape index (κ1) is 10.5. The Morgan fingerprint density at radius 2 is 2.19 bits per heavy atom. The Morgan fingerprint density at radius 1 is 1.38 bits per heavy atom. The number of aromatic nitrogens is 2. The lowest BCUT2D eigenvalue weighted by Crippen LogP contribution is -1.92. The Labute approximate surface area is 93.2 Å². The molecule has 0 aliphatic rings. The van der Waals surface area contributed by atoms with Gasteiger partial charge in [0.2, 0.25) is 11.8 Å². The molecule has 5 nitrogen and oxygen atoms in total. The van der Waals surface area contributed by atoms with Crippen LogP contribution in [0.4, 0.5) is 5.69 Å². The predicted octanol–water partition coefficient (Wildman–Crippen LogP) is 1.89. The largest absolute Gasteiger partial charge is 0.495 e. The molecule has 0 bridgehead atoms. The van der Waals surface area contributed by atoms with Gasteiger partial charge in [-0.05, 0) is 18.2 Å². The summed E-state index contributed by atoms with van der Waals surface area (Å²) in [5.74, 6) is 1.73. The first-order chi connectivity index (χ1) is 7.74. The molecule has 0 saturated heterocycles. The van der Waals surface area contributed by atoms with E-state index in [0.29, 0.717) is 23.2 Å². The Bertz CT molecular complexity index is 494. The van der Waals surface area contributed by atoms with Crippen LogP contribution in [0.2, 0.25) is 0 Å². The average Bonchev–Trinajstić information content (AvgIpc) is 2.77. The second-order valence-corrected chi connectivity index (χ2v) is 3.31. The van der Waals surface area contributed by atoms with Gasteiger partial charge in [-0.3, -0.25) is 0 Å². The Balaban J connectivity index is 2.37. The van der Waals surface area contributed by atoms with E-state index < -0.39 is 0 Å². The van der Waals surface area contributed by atoms with Gasteiger partial charge >= 0.3 is 0 Å². The minimum Gasteiger partial charge on any atom is -0.495 e. The molecule has 0 aliphatic carbocycles. The zero-order valence-electron chi connectivity index (χ0n) is 9.23. The molecule has 2 rings (SSSR count). The molecule has 84 valence electrons. The van der Waals surface area contributed by atoms with Crippen molar-refractivity contribution in [2.45, 2.75) is 13.3 Å². The number of hydrogen-bond acceptors (Lipinski definition) is 5. The van der Waals surface area contributed by atoms with Gasteiger partial charge in [0, 0.05) is 12.0 Å². The average molecular weight is 219 g/mol. The molecule has 0 radical (unpaired) electrons. The van der Waals surface area contributed by atoms with Crippen molar-refractivity contribution in [3.05, 3.63) is 24.1 Å². The number of ether oxygens (including phenoxy) is 1. The van der Waals surface area contributed by atoms with E-state index in [-0.39, 0.29) is 0 Å². The second-order valence-electron chi connectivity index (χ2n) is 3.31. The molecule has 1 aromatic heterocycles. The Morgan fingerprint density at radius 3 is 2.75 bits per heavy atom. The number of rotatable bonds is 3. The third-order valence-corrected chi connectivity index (χ3v) is 2.25. The van der Waals surface area contributed by atoms with E-state index >= 15 is 0 Å². The van der Waals surface area contributed by atoms with Crippen molar-refractivity contribution in [1.29, 1.82) is 0 Å². The maximum absolute atomic E-state index is 5.79.